The van der Waals surface area contributed by atoms with E-state index in [1.165, 1.54) is 18.2 Å². The standard InChI is InChI=1S/C27H24Cl4O8/c1-3-12-9-16(32)22(21(12)14-5-7-17(25(30)23(14)28)38-10-19(33)34)13(4-2)27(37)15-6-8-18(26(31)24(15)29)39-11-20(35)36/h5-8,12-13H,3-4,9-11H2,1-2H3,(H,33,34)(H,35,36). The number of carbonyl (C=O) groups excluding carboxylic acids is 2. The van der Waals surface area contributed by atoms with Crippen LogP contribution in [-0.2, 0) is 14.4 Å². The van der Waals surface area contributed by atoms with E-state index in [1.54, 1.807) is 13.0 Å². The minimum absolute atomic E-state index is 0.00295. The van der Waals surface area contributed by atoms with Crippen molar-refractivity contribution in [3.05, 3.63) is 61.1 Å². The molecule has 0 saturated heterocycles. The molecule has 2 atom stereocenters. The molecule has 2 aromatic rings. The van der Waals surface area contributed by atoms with Crippen LogP contribution in [-0.4, -0.2) is 46.9 Å². The Balaban J connectivity index is 2.11. The van der Waals surface area contributed by atoms with Crippen LogP contribution in [0.5, 0.6) is 11.5 Å². The molecule has 12 heteroatoms. The van der Waals surface area contributed by atoms with Gasteiger partial charge in [0.15, 0.2) is 24.8 Å². The predicted octanol–water partition coefficient (Wildman–Crippen LogP) is 6.89. The molecule has 2 N–H and O–H groups in total. The molecule has 8 nitrogen and oxygen atoms in total. The molecular formula is C27H24Cl4O8. The van der Waals surface area contributed by atoms with Gasteiger partial charge >= 0.3 is 11.9 Å². The van der Waals surface area contributed by atoms with Crippen LogP contribution in [0, 0.1) is 11.8 Å². The summed E-state index contributed by atoms with van der Waals surface area (Å²) in [4.78, 5) is 48.9. The summed E-state index contributed by atoms with van der Waals surface area (Å²) in [5.74, 6) is -4.10. The van der Waals surface area contributed by atoms with Gasteiger partial charge in [-0.25, -0.2) is 9.59 Å². The number of ether oxygens (including phenoxy) is 2. The lowest BCUT2D eigenvalue weighted by atomic mass is 9.83. The molecule has 0 bridgehead atoms. The lowest BCUT2D eigenvalue weighted by Gasteiger charge is -2.21. The van der Waals surface area contributed by atoms with Gasteiger partial charge in [-0.15, -0.1) is 0 Å². The van der Waals surface area contributed by atoms with E-state index in [0.29, 0.717) is 23.1 Å². The number of carboxylic acid groups (broad SMARTS) is 2. The van der Waals surface area contributed by atoms with Crippen LogP contribution in [0.25, 0.3) is 5.57 Å². The molecule has 0 heterocycles. The molecular weight excluding hydrogens is 594 g/mol. The smallest absolute Gasteiger partial charge is 0.341 e. The highest BCUT2D eigenvalue weighted by molar-refractivity contribution is 6.45. The summed E-state index contributed by atoms with van der Waals surface area (Å²) in [5, 5.41) is 17.6. The lowest BCUT2D eigenvalue weighted by Crippen LogP contribution is -2.21. The summed E-state index contributed by atoms with van der Waals surface area (Å²) in [6, 6.07) is 5.80. The van der Waals surface area contributed by atoms with Crippen LogP contribution < -0.4 is 9.47 Å². The molecule has 0 saturated carbocycles. The van der Waals surface area contributed by atoms with Crippen LogP contribution in [0.4, 0.5) is 0 Å². The molecule has 0 amide bonds. The van der Waals surface area contributed by atoms with Crippen molar-refractivity contribution in [1.29, 1.82) is 0 Å². The minimum Gasteiger partial charge on any atom is -0.480 e. The molecule has 3 rings (SSSR count). The highest BCUT2D eigenvalue weighted by Gasteiger charge is 2.40. The monoisotopic (exact) mass is 616 g/mol. The van der Waals surface area contributed by atoms with Crippen LogP contribution in [0.15, 0.2) is 29.8 Å². The number of benzene rings is 2. The van der Waals surface area contributed by atoms with E-state index < -0.39 is 36.9 Å². The highest BCUT2D eigenvalue weighted by atomic mass is 35.5. The van der Waals surface area contributed by atoms with Gasteiger partial charge in [0.25, 0.3) is 0 Å². The maximum absolute atomic E-state index is 13.8. The number of carboxylic acids is 2. The summed E-state index contributed by atoms with van der Waals surface area (Å²) in [6.45, 7) is 2.41. The molecule has 0 fully saturated rings. The Morgan fingerprint density at radius 2 is 1.41 bits per heavy atom. The number of carbonyl (C=O) groups is 4. The average Bonchev–Trinajstić information content (AvgIpc) is 3.21. The second kappa shape index (κ2) is 13.0. The van der Waals surface area contributed by atoms with E-state index in [0.717, 1.165) is 0 Å². The fourth-order valence-corrected chi connectivity index (χ4v) is 5.52. The second-order valence-electron chi connectivity index (χ2n) is 8.73. The number of halogens is 4. The Morgan fingerprint density at radius 3 is 1.92 bits per heavy atom. The number of allylic oxidation sites excluding steroid dienone is 2. The summed E-state index contributed by atoms with van der Waals surface area (Å²) >= 11 is 25.7. The highest BCUT2D eigenvalue weighted by Crippen LogP contribution is 2.48. The Kier molecular flexibility index (Phi) is 10.3. The van der Waals surface area contributed by atoms with Crippen LogP contribution in [0.3, 0.4) is 0 Å². The van der Waals surface area contributed by atoms with E-state index in [2.05, 4.69) is 0 Å². The van der Waals surface area contributed by atoms with Crippen molar-refractivity contribution in [2.75, 3.05) is 13.2 Å². The van der Waals surface area contributed by atoms with Crippen molar-refractivity contribution >= 4 is 75.5 Å². The van der Waals surface area contributed by atoms with Gasteiger partial charge in [-0.2, -0.15) is 0 Å². The lowest BCUT2D eigenvalue weighted by molar-refractivity contribution is -0.140. The van der Waals surface area contributed by atoms with Gasteiger partial charge in [0.2, 0.25) is 0 Å². The van der Waals surface area contributed by atoms with Crippen LogP contribution in [0.1, 0.15) is 49.0 Å². The van der Waals surface area contributed by atoms with Crippen LogP contribution in [0.2, 0.25) is 20.1 Å². The first-order valence-corrected chi connectivity index (χ1v) is 13.4. The topological polar surface area (TPSA) is 127 Å². The normalized spacial score (nSPS) is 15.8. The SMILES string of the molecule is CCC1CC(=O)C(C(CC)C(=O)c2ccc(OCC(=O)O)c(Cl)c2Cl)=C1c1ccc(OCC(=O)O)c(Cl)c1Cl. The third-order valence-corrected chi connectivity index (χ3v) is 8.08. The zero-order chi connectivity index (χ0) is 29.0. The molecule has 2 unspecified atom stereocenters. The molecule has 0 spiro atoms. The first kappa shape index (κ1) is 30.8. The molecule has 1 aliphatic carbocycles. The van der Waals surface area contributed by atoms with E-state index >= 15 is 0 Å². The molecule has 2 aromatic carbocycles. The Hall–Kier alpha value is -2.78. The van der Waals surface area contributed by atoms with Crippen molar-refractivity contribution < 1.29 is 38.9 Å². The largest absolute Gasteiger partial charge is 0.480 e. The molecule has 39 heavy (non-hydrogen) atoms. The van der Waals surface area contributed by atoms with E-state index in [-0.39, 0.29) is 61.7 Å². The van der Waals surface area contributed by atoms with Gasteiger partial charge in [0, 0.05) is 17.6 Å². The predicted molar refractivity (Wildman–Crippen MR) is 148 cm³/mol. The van der Waals surface area contributed by atoms with Crippen molar-refractivity contribution in [2.24, 2.45) is 11.8 Å². The van der Waals surface area contributed by atoms with E-state index in [9.17, 15) is 19.2 Å². The van der Waals surface area contributed by atoms with Gasteiger partial charge in [-0.05, 0) is 54.2 Å². The van der Waals surface area contributed by atoms with Crippen molar-refractivity contribution in [3.8, 4) is 11.5 Å². The zero-order valence-electron chi connectivity index (χ0n) is 20.9. The Bertz CT molecular complexity index is 1370. The third kappa shape index (κ3) is 6.52. The Labute approximate surface area is 244 Å². The third-order valence-electron chi connectivity index (χ3n) is 6.35. The van der Waals surface area contributed by atoms with Gasteiger partial charge < -0.3 is 19.7 Å². The van der Waals surface area contributed by atoms with Crippen LogP contribution >= 0.6 is 46.4 Å². The number of aliphatic carboxylic acids is 2. The fourth-order valence-electron chi connectivity index (χ4n) is 4.57. The Morgan fingerprint density at radius 1 is 0.872 bits per heavy atom. The molecule has 0 aliphatic heterocycles. The zero-order valence-corrected chi connectivity index (χ0v) is 23.9. The number of Topliss-reactive ketones (excluding diaryl/α,β-unsaturated/α-hetero) is 2. The van der Waals surface area contributed by atoms with Gasteiger partial charge in [-0.3, -0.25) is 9.59 Å². The van der Waals surface area contributed by atoms with Gasteiger partial charge in [-0.1, -0.05) is 60.3 Å². The first-order valence-electron chi connectivity index (χ1n) is 11.9. The van der Waals surface area contributed by atoms with Crippen molar-refractivity contribution in [2.45, 2.75) is 33.1 Å². The van der Waals surface area contributed by atoms with Crippen molar-refractivity contribution in [3.63, 3.8) is 0 Å². The van der Waals surface area contributed by atoms with E-state index in [1.807, 2.05) is 6.92 Å². The number of ketones is 2. The number of hydrogen-bond donors (Lipinski definition) is 2. The first-order chi connectivity index (χ1) is 18.4. The van der Waals surface area contributed by atoms with E-state index in [4.69, 9.17) is 66.1 Å². The fraction of sp³-hybridized carbons (Fsp3) is 0.333. The molecule has 1 aliphatic rings. The summed E-state index contributed by atoms with van der Waals surface area (Å²) in [6.07, 6.45) is 1.02. The van der Waals surface area contributed by atoms with Gasteiger partial charge in [0.05, 0.1) is 16.0 Å². The summed E-state index contributed by atoms with van der Waals surface area (Å²) < 4.78 is 10.3. The number of hydrogen-bond acceptors (Lipinski definition) is 6. The summed E-state index contributed by atoms with van der Waals surface area (Å²) in [5.41, 5.74) is 1.38. The summed E-state index contributed by atoms with van der Waals surface area (Å²) in [7, 11) is 0. The quantitative estimate of drug-likeness (QED) is 0.246. The molecule has 0 radical (unpaired) electrons. The molecule has 0 aromatic heterocycles. The van der Waals surface area contributed by atoms with Crippen molar-refractivity contribution in [1.82, 2.24) is 0 Å². The number of rotatable bonds is 12. The van der Waals surface area contributed by atoms with Gasteiger partial charge in [0.1, 0.15) is 21.5 Å². The maximum Gasteiger partial charge on any atom is 0.341 e. The second-order valence-corrected chi connectivity index (χ2v) is 10.2. The minimum atomic E-state index is -1.21. The average molecular weight is 618 g/mol. The molecule has 208 valence electrons. The maximum atomic E-state index is 13.8.